The van der Waals surface area contributed by atoms with Crippen LogP contribution in [0.3, 0.4) is 0 Å². The molecule has 0 spiro atoms. The van der Waals surface area contributed by atoms with Crippen molar-refractivity contribution in [2.45, 2.75) is 0 Å². The Bertz CT molecular complexity index is 2630. The first-order chi connectivity index (χ1) is 22.8. The van der Waals surface area contributed by atoms with Crippen LogP contribution >= 0.6 is 0 Å². The molecule has 2 aromatic heterocycles. The molecule has 0 fully saturated rings. The third kappa shape index (κ3) is 4.05. The second-order valence-corrected chi connectivity index (χ2v) is 11.7. The summed E-state index contributed by atoms with van der Waals surface area (Å²) in [5, 5.41) is 14.4. The van der Waals surface area contributed by atoms with Crippen LogP contribution in [-0.2, 0) is 0 Å². The Morgan fingerprint density at radius 3 is 1.61 bits per heavy atom. The summed E-state index contributed by atoms with van der Waals surface area (Å²) in [6.45, 7) is 0. The molecule has 0 aliphatic carbocycles. The van der Waals surface area contributed by atoms with Crippen LogP contribution < -0.4 is 0 Å². The first-order valence-electron chi connectivity index (χ1n) is 15.5. The average Bonchev–Trinajstić information content (AvgIpc) is 3.64. The van der Waals surface area contributed by atoms with Gasteiger partial charge in [-0.3, -0.25) is 0 Å². The van der Waals surface area contributed by atoms with E-state index in [4.69, 9.17) is 0 Å². The van der Waals surface area contributed by atoms with E-state index < -0.39 is 0 Å². The summed E-state index contributed by atoms with van der Waals surface area (Å²) >= 11 is 0. The van der Waals surface area contributed by atoms with Crippen LogP contribution in [0.5, 0.6) is 0 Å². The topological polar surface area (TPSA) is 33.6 Å². The molecule has 0 amide bonds. The number of benzene rings is 7. The van der Waals surface area contributed by atoms with E-state index in [1.807, 2.05) is 18.2 Å². The lowest BCUT2D eigenvalue weighted by molar-refractivity contribution is 1.18. The summed E-state index contributed by atoms with van der Waals surface area (Å²) in [5.41, 5.74) is 12.1. The van der Waals surface area contributed by atoms with Gasteiger partial charge in [-0.15, -0.1) is 0 Å². The SMILES string of the molecule is N#Cc1ccc2c3cc(-c4ccc5c(c4)c4ccccc4n5-c4cccc(-c5ccccc5)c4)ccc3n(-c3ccccc3)c2c1. The van der Waals surface area contributed by atoms with Crippen LogP contribution in [0.1, 0.15) is 5.56 Å². The van der Waals surface area contributed by atoms with Crippen LogP contribution in [0.25, 0.3) is 77.2 Å². The minimum absolute atomic E-state index is 0.656. The zero-order valence-electron chi connectivity index (χ0n) is 24.9. The Balaban J connectivity index is 1.23. The maximum atomic E-state index is 9.67. The van der Waals surface area contributed by atoms with Crippen molar-refractivity contribution in [2.24, 2.45) is 0 Å². The van der Waals surface area contributed by atoms with Crippen LogP contribution in [0.15, 0.2) is 164 Å². The lowest BCUT2D eigenvalue weighted by Gasteiger charge is -2.11. The molecular formula is C43H27N3. The van der Waals surface area contributed by atoms with Gasteiger partial charge >= 0.3 is 0 Å². The Morgan fingerprint density at radius 1 is 0.348 bits per heavy atom. The second-order valence-electron chi connectivity index (χ2n) is 11.7. The number of rotatable bonds is 4. The zero-order chi connectivity index (χ0) is 30.6. The van der Waals surface area contributed by atoms with E-state index >= 15 is 0 Å². The number of aromatic nitrogens is 2. The van der Waals surface area contributed by atoms with Crippen LogP contribution in [-0.4, -0.2) is 9.13 Å². The maximum absolute atomic E-state index is 9.67. The van der Waals surface area contributed by atoms with E-state index in [0.29, 0.717) is 5.56 Å². The van der Waals surface area contributed by atoms with E-state index in [9.17, 15) is 5.26 Å². The highest BCUT2D eigenvalue weighted by atomic mass is 15.0. The molecule has 0 saturated heterocycles. The molecule has 0 bridgehead atoms. The summed E-state index contributed by atoms with van der Waals surface area (Å²) in [5.74, 6) is 0. The van der Waals surface area contributed by atoms with Crippen molar-refractivity contribution in [3.63, 3.8) is 0 Å². The summed E-state index contributed by atoms with van der Waals surface area (Å²) in [6.07, 6.45) is 0. The molecular weight excluding hydrogens is 558 g/mol. The number of fused-ring (bicyclic) bond motifs is 6. The van der Waals surface area contributed by atoms with Gasteiger partial charge in [0.1, 0.15) is 0 Å². The number of para-hydroxylation sites is 2. The first kappa shape index (κ1) is 26.1. The molecule has 9 rings (SSSR count). The molecule has 0 radical (unpaired) electrons. The van der Waals surface area contributed by atoms with Gasteiger partial charge in [0.2, 0.25) is 0 Å². The number of nitriles is 1. The fourth-order valence-electron chi connectivity index (χ4n) is 7.01. The lowest BCUT2D eigenvalue weighted by atomic mass is 10.0. The molecule has 0 atom stereocenters. The van der Waals surface area contributed by atoms with Gasteiger partial charge in [0.05, 0.1) is 33.7 Å². The molecule has 46 heavy (non-hydrogen) atoms. The van der Waals surface area contributed by atoms with E-state index in [1.165, 1.54) is 43.9 Å². The zero-order valence-corrected chi connectivity index (χ0v) is 24.9. The van der Waals surface area contributed by atoms with Crippen LogP contribution in [0.2, 0.25) is 0 Å². The first-order valence-corrected chi connectivity index (χ1v) is 15.5. The second kappa shape index (κ2) is 10.4. The van der Waals surface area contributed by atoms with Crippen molar-refractivity contribution >= 4 is 43.6 Å². The van der Waals surface area contributed by atoms with Crippen LogP contribution in [0, 0.1) is 11.3 Å². The highest BCUT2D eigenvalue weighted by Gasteiger charge is 2.16. The van der Waals surface area contributed by atoms with Gasteiger partial charge < -0.3 is 9.13 Å². The number of hydrogen-bond donors (Lipinski definition) is 0. The fourth-order valence-corrected chi connectivity index (χ4v) is 7.01. The van der Waals surface area contributed by atoms with E-state index in [-0.39, 0.29) is 0 Å². The fraction of sp³-hybridized carbons (Fsp3) is 0. The average molecular weight is 586 g/mol. The summed E-state index contributed by atoms with van der Waals surface area (Å²) in [4.78, 5) is 0. The quantitative estimate of drug-likeness (QED) is 0.202. The van der Waals surface area contributed by atoms with Gasteiger partial charge in [0.25, 0.3) is 0 Å². The number of hydrogen-bond acceptors (Lipinski definition) is 1. The molecule has 0 aliphatic heterocycles. The van der Waals surface area contributed by atoms with E-state index in [1.54, 1.807) is 0 Å². The molecule has 7 aromatic carbocycles. The molecule has 0 N–H and O–H groups in total. The maximum Gasteiger partial charge on any atom is 0.0992 e. The minimum atomic E-state index is 0.656. The molecule has 0 unspecified atom stereocenters. The number of nitrogens with zero attached hydrogens (tertiary/aromatic N) is 3. The Labute approximate surface area is 266 Å². The van der Waals surface area contributed by atoms with Gasteiger partial charge in [-0.1, -0.05) is 97.1 Å². The predicted molar refractivity (Wildman–Crippen MR) is 191 cm³/mol. The van der Waals surface area contributed by atoms with Crippen molar-refractivity contribution < 1.29 is 0 Å². The Morgan fingerprint density at radius 2 is 0.891 bits per heavy atom. The lowest BCUT2D eigenvalue weighted by Crippen LogP contribution is -1.94. The Hall–Kier alpha value is -6.37. The van der Waals surface area contributed by atoms with Gasteiger partial charge in [-0.2, -0.15) is 5.26 Å². The molecule has 3 heteroatoms. The van der Waals surface area contributed by atoms with Crippen molar-refractivity contribution in [1.29, 1.82) is 5.26 Å². The third-order valence-corrected chi connectivity index (χ3v) is 9.13. The molecule has 2 heterocycles. The third-order valence-electron chi connectivity index (χ3n) is 9.13. The van der Waals surface area contributed by atoms with Gasteiger partial charge in [-0.25, -0.2) is 0 Å². The van der Waals surface area contributed by atoms with E-state index in [2.05, 4.69) is 161 Å². The van der Waals surface area contributed by atoms with E-state index in [0.717, 1.165) is 33.4 Å². The molecule has 0 aliphatic rings. The predicted octanol–water partition coefficient (Wildman–Crippen LogP) is 11.1. The summed E-state index contributed by atoms with van der Waals surface area (Å²) in [6, 6.07) is 60.3. The standard InChI is InChI=1S/C43H27N3/c44-28-29-18-21-37-39-27-33(19-22-41(39)45(43(37)24-29)34-13-5-2-6-14-34)32-20-23-42-38(26-32)36-16-7-8-17-40(36)46(42)35-15-9-12-31(25-35)30-10-3-1-4-11-30/h1-27H. The van der Waals surface area contributed by atoms with Crippen molar-refractivity contribution in [3.8, 4) is 39.7 Å². The summed E-state index contributed by atoms with van der Waals surface area (Å²) in [7, 11) is 0. The van der Waals surface area contributed by atoms with Crippen molar-refractivity contribution in [3.05, 3.63) is 169 Å². The normalized spacial score (nSPS) is 11.5. The van der Waals surface area contributed by atoms with Crippen molar-refractivity contribution in [2.75, 3.05) is 0 Å². The highest BCUT2D eigenvalue weighted by molar-refractivity contribution is 6.12. The Kier molecular flexibility index (Phi) is 5.88. The molecule has 3 nitrogen and oxygen atoms in total. The monoisotopic (exact) mass is 585 g/mol. The minimum Gasteiger partial charge on any atom is -0.309 e. The molecule has 214 valence electrons. The molecule has 0 saturated carbocycles. The smallest absolute Gasteiger partial charge is 0.0992 e. The summed E-state index contributed by atoms with van der Waals surface area (Å²) < 4.78 is 4.64. The molecule has 9 aromatic rings. The van der Waals surface area contributed by atoms with Gasteiger partial charge in [0, 0.05) is 32.9 Å². The largest absolute Gasteiger partial charge is 0.309 e. The van der Waals surface area contributed by atoms with Gasteiger partial charge in [-0.05, 0) is 89.0 Å². The highest BCUT2D eigenvalue weighted by Crippen LogP contribution is 2.38. The van der Waals surface area contributed by atoms with Gasteiger partial charge in [0.15, 0.2) is 0 Å². The van der Waals surface area contributed by atoms with Crippen LogP contribution in [0.4, 0.5) is 0 Å². The van der Waals surface area contributed by atoms with Crippen molar-refractivity contribution in [1.82, 2.24) is 9.13 Å².